The minimum atomic E-state index is -0.641. The van der Waals surface area contributed by atoms with E-state index in [-0.39, 0.29) is 23.4 Å². The SMILES string of the molecule is Cc1[nH]c(C(=O)OCc2csc([N+](=O)[O-])c2)c(C)c1C(=O)OC(C)C. The minimum Gasteiger partial charge on any atom is -0.459 e. The summed E-state index contributed by atoms with van der Waals surface area (Å²) in [6.07, 6.45) is -0.272. The van der Waals surface area contributed by atoms with Gasteiger partial charge in [-0.25, -0.2) is 9.59 Å². The van der Waals surface area contributed by atoms with E-state index in [4.69, 9.17) is 9.47 Å². The van der Waals surface area contributed by atoms with Crippen molar-refractivity contribution in [2.45, 2.75) is 40.4 Å². The Morgan fingerprint density at radius 3 is 2.56 bits per heavy atom. The Hall–Kier alpha value is -2.68. The molecule has 2 aromatic heterocycles. The molecule has 0 unspecified atom stereocenters. The summed E-state index contributed by atoms with van der Waals surface area (Å²) in [5, 5.41) is 12.2. The number of nitrogens with zero attached hydrogens (tertiary/aromatic N) is 1. The van der Waals surface area contributed by atoms with Crippen molar-refractivity contribution in [1.82, 2.24) is 4.98 Å². The van der Waals surface area contributed by atoms with Crippen LogP contribution < -0.4 is 0 Å². The molecule has 0 fully saturated rings. The van der Waals surface area contributed by atoms with Gasteiger partial charge in [0.05, 0.1) is 16.6 Å². The Morgan fingerprint density at radius 1 is 1.32 bits per heavy atom. The van der Waals surface area contributed by atoms with Crippen LogP contribution in [0.3, 0.4) is 0 Å². The number of esters is 2. The zero-order chi connectivity index (χ0) is 18.7. The highest BCUT2D eigenvalue weighted by Crippen LogP contribution is 2.24. The van der Waals surface area contributed by atoms with Gasteiger partial charge in [-0.3, -0.25) is 10.1 Å². The molecule has 0 atom stereocenters. The van der Waals surface area contributed by atoms with Gasteiger partial charge in [0, 0.05) is 22.7 Å². The van der Waals surface area contributed by atoms with Crippen LogP contribution in [0, 0.1) is 24.0 Å². The molecule has 0 saturated carbocycles. The summed E-state index contributed by atoms with van der Waals surface area (Å²) in [5.74, 6) is -1.15. The van der Waals surface area contributed by atoms with Gasteiger partial charge in [-0.05, 0) is 33.3 Å². The molecule has 0 amide bonds. The maximum atomic E-state index is 12.3. The summed E-state index contributed by atoms with van der Waals surface area (Å²) >= 11 is 0.965. The quantitative estimate of drug-likeness (QED) is 0.475. The molecular formula is C16H18N2O6S. The number of thiophene rings is 1. The van der Waals surface area contributed by atoms with E-state index in [1.54, 1.807) is 33.1 Å². The lowest BCUT2D eigenvalue weighted by Gasteiger charge is -2.08. The third-order valence-corrected chi connectivity index (χ3v) is 4.31. The predicted octanol–water partition coefficient (Wildman–Crippen LogP) is 3.52. The van der Waals surface area contributed by atoms with Crippen LogP contribution in [0.25, 0.3) is 0 Å². The number of H-pyrrole nitrogens is 1. The minimum absolute atomic E-state index is 0.0170. The number of nitrogens with one attached hydrogen (secondary N) is 1. The molecule has 8 nitrogen and oxygen atoms in total. The largest absolute Gasteiger partial charge is 0.459 e. The van der Waals surface area contributed by atoms with Crippen LogP contribution in [0.1, 0.15) is 51.5 Å². The molecule has 0 bridgehead atoms. The third kappa shape index (κ3) is 4.24. The second-order valence-corrected chi connectivity index (χ2v) is 6.60. The first-order valence-electron chi connectivity index (χ1n) is 7.49. The molecule has 0 saturated heterocycles. The van der Waals surface area contributed by atoms with Crippen molar-refractivity contribution < 1.29 is 24.0 Å². The lowest BCUT2D eigenvalue weighted by molar-refractivity contribution is -0.380. The molecule has 9 heteroatoms. The van der Waals surface area contributed by atoms with Crippen molar-refractivity contribution in [2.75, 3.05) is 0 Å². The average Bonchev–Trinajstić information content (AvgIpc) is 3.09. The predicted molar refractivity (Wildman–Crippen MR) is 90.9 cm³/mol. The highest BCUT2D eigenvalue weighted by atomic mass is 32.1. The summed E-state index contributed by atoms with van der Waals surface area (Å²) < 4.78 is 10.4. The number of rotatable bonds is 6. The van der Waals surface area contributed by atoms with Crippen molar-refractivity contribution in [3.8, 4) is 0 Å². The Morgan fingerprint density at radius 2 is 2.00 bits per heavy atom. The molecule has 2 rings (SSSR count). The fourth-order valence-electron chi connectivity index (χ4n) is 2.29. The normalized spacial score (nSPS) is 10.8. The number of aromatic amines is 1. The van der Waals surface area contributed by atoms with Crippen molar-refractivity contribution in [2.24, 2.45) is 0 Å². The number of aromatic nitrogens is 1. The van der Waals surface area contributed by atoms with Crippen LogP contribution in [0.4, 0.5) is 5.00 Å². The van der Waals surface area contributed by atoms with E-state index in [9.17, 15) is 19.7 Å². The van der Waals surface area contributed by atoms with Gasteiger partial charge in [0.2, 0.25) is 0 Å². The van der Waals surface area contributed by atoms with E-state index in [1.165, 1.54) is 6.07 Å². The molecule has 25 heavy (non-hydrogen) atoms. The summed E-state index contributed by atoms with van der Waals surface area (Å²) in [7, 11) is 0. The number of ether oxygens (including phenoxy) is 2. The Kier molecular flexibility index (Phi) is 5.58. The number of carbonyl (C=O) groups is 2. The first-order chi connectivity index (χ1) is 11.7. The Labute approximate surface area is 147 Å². The van der Waals surface area contributed by atoms with E-state index >= 15 is 0 Å². The molecule has 0 aliphatic carbocycles. The topological polar surface area (TPSA) is 112 Å². The standard InChI is InChI=1S/C16H18N2O6S/c1-8(2)24-15(19)13-9(3)14(17-10(13)4)16(20)23-6-11-5-12(18(21)22)25-7-11/h5,7-8,17H,6H2,1-4H3. The summed E-state index contributed by atoms with van der Waals surface area (Å²) in [4.78, 5) is 37.4. The molecule has 2 heterocycles. The van der Waals surface area contributed by atoms with Crippen molar-refractivity contribution in [3.05, 3.63) is 49.6 Å². The monoisotopic (exact) mass is 366 g/mol. The van der Waals surface area contributed by atoms with Gasteiger partial charge in [0.1, 0.15) is 12.3 Å². The number of aryl methyl sites for hydroxylation is 1. The van der Waals surface area contributed by atoms with Gasteiger partial charge in [-0.15, -0.1) is 0 Å². The van der Waals surface area contributed by atoms with E-state index < -0.39 is 16.9 Å². The fourth-order valence-corrected chi connectivity index (χ4v) is 3.00. The smallest absolute Gasteiger partial charge is 0.355 e. The maximum Gasteiger partial charge on any atom is 0.355 e. The van der Waals surface area contributed by atoms with Gasteiger partial charge >= 0.3 is 16.9 Å². The van der Waals surface area contributed by atoms with Crippen LogP contribution in [0.15, 0.2) is 11.4 Å². The lowest BCUT2D eigenvalue weighted by Crippen LogP contribution is -2.13. The van der Waals surface area contributed by atoms with Gasteiger partial charge in [-0.1, -0.05) is 11.3 Å². The number of carbonyl (C=O) groups excluding carboxylic acids is 2. The second kappa shape index (κ2) is 7.47. The average molecular weight is 366 g/mol. The van der Waals surface area contributed by atoms with E-state index in [0.717, 1.165) is 11.3 Å². The van der Waals surface area contributed by atoms with Crippen LogP contribution >= 0.6 is 11.3 Å². The highest BCUT2D eigenvalue weighted by Gasteiger charge is 2.24. The Bertz CT molecular complexity index is 821. The van der Waals surface area contributed by atoms with Gasteiger partial charge < -0.3 is 14.5 Å². The highest BCUT2D eigenvalue weighted by molar-refractivity contribution is 7.13. The van der Waals surface area contributed by atoms with Gasteiger partial charge in [0.25, 0.3) is 0 Å². The van der Waals surface area contributed by atoms with Crippen LogP contribution in [-0.2, 0) is 16.1 Å². The molecule has 0 aliphatic rings. The number of hydrogen-bond acceptors (Lipinski definition) is 7. The molecular weight excluding hydrogens is 348 g/mol. The summed E-state index contributed by atoms with van der Waals surface area (Å²) in [6, 6.07) is 1.36. The molecule has 0 radical (unpaired) electrons. The zero-order valence-electron chi connectivity index (χ0n) is 14.2. The molecule has 2 aromatic rings. The molecule has 134 valence electrons. The zero-order valence-corrected chi connectivity index (χ0v) is 15.1. The van der Waals surface area contributed by atoms with E-state index in [0.29, 0.717) is 22.4 Å². The van der Waals surface area contributed by atoms with E-state index in [2.05, 4.69) is 4.98 Å². The Balaban J connectivity index is 2.11. The van der Waals surface area contributed by atoms with Crippen LogP contribution in [0.2, 0.25) is 0 Å². The molecule has 0 aromatic carbocycles. The molecule has 0 aliphatic heterocycles. The second-order valence-electron chi connectivity index (χ2n) is 5.71. The first kappa shape index (κ1) is 18.7. The number of nitro groups is 1. The first-order valence-corrected chi connectivity index (χ1v) is 8.37. The van der Waals surface area contributed by atoms with Gasteiger partial charge in [-0.2, -0.15) is 0 Å². The number of hydrogen-bond donors (Lipinski definition) is 1. The van der Waals surface area contributed by atoms with Crippen molar-refractivity contribution >= 4 is 28.3 Å². The maximum absolute atomic E-state index is 12.3. The lowest BCUT2D eigenvalue weighted by atomic mass is 10.1. The summed E-state index contributed by atoms with van der Waals surface area (Å²) in [6.45, 7) is 6.69. The molecule has 0 spiro atoms. The fraction of sp³-hybridized carbons (Fsp3) is 0.375. The van der Waals surface area contributed by atoms with Crippen LogP contribution in [-0.4, -0.2) is 27.9 Å². The summed E-state index contributed by atoms with van der Waals surface area (Å²) in [5.41, 5.74) is 1.97. The van der Waals surface area contributed by atoms with Crippen LogP contribution in [0.5, 0.6) is 0 Å². The van der Waals surface area contributed by atoms with E-state index in [1.807, 2.05) is 0 Å². The third-order valence-electron chi connectivity index (χ3n) is 3.38. The van der Waals surface area contributed by atoms with Crippen molar-refractivity contribution in [1.29, 1.82) is 0 Å². The molecule has 1 N–H and O–H groups in total. The van der Waals surface area contributed by atoms with Crippen molar-refractivity contribution in [3.63, 3.8) is 0 Å². The van der Waals surface area contributed by atoms with Gasteiger partial charge in [0.15, 0.2) is 0 Å².